The quantitative estimate of drug-likeness (QED) is 0.316. The highest BCUT2D eigenvalue weighted by molar-refractivity contribution is 6.01. The normalized spacial score (nSPS) is 13.4. The van der Waals surface area contributed by atoms with Gasteiger partial charge in [0.1, 0.15) is 22.8 Å². The minimum atomic E-state index is -1.25. The Bertz CT molecular complexity index is 791. The van der Waals surface area contributed by atoms with Crippen LogP contribution in [-0.2, 0) is 19.0 Å². The molecule has 0 aliphatic heterocycles. The number of rotatable bonds is 6. The number of carboxylic acids is 1. The van der Waals surface area contributed by atoms with E-state index in [9.17, 15) is 24.3 Å². The van der Waals surface area contributed by atoms with Crippen molar-refractivity contribution in [3.8, 4) is 0 Å². The predicted octanol–water partition coefficient (Wildman–Crippen LogP) is 3.83. The summed E-state index contributed by atoms with van der Waals surface area (Å²) in [5.74, 6) is -1.30. The van der Waals surface area contributed by atoms with Crippen molar-refractivity contribution in [2.75, 3.05) is 20.6 Å². The van der Waals surface area contributed by atoms with E-state index in [4.69, 9.17) is 14.2 Å². The number of amides is 3. The van der Waals surface area contributed by atoms with Crippen molar-refractivity contribution < 1.29 is 38.5 Å². The molecule has 0 aromatic carbocycles. The summed E-state index contributed by atoms with van der Waals surface area (Å²) in [6, 6.07) is -1.25. The molecule has 0 heterocycles. The van der Waals surface area contributed by atoms with E-state index in [1.165, 1.54) is 14.1 Å². The minimum absolute atomic E-state index is 0.0268. The standard InChI is InChI=1S/C23H42N4O8/c1-21(2,3)33-18(30)25-15(16(28)29)13-12-14-27(20(32)35-23(7,8)9)17(24-10)26(11)19(31)34-22(4,5)6/h15H,12-14H2,1-11H3,(H,25,30)(H,28,29). The lowest BCUT2D eigenvalue weighted by Gasteiger charge is -2.32. The van der Waals surface area contributed by atoms with Gasteiger partial charge >= 0.3 is 24.2 Å². The minimum Gasteiger partial charge on any atom is -0.480 e. The maximum absolute atomic E-state index is 13.0. The van der Waals surface area contributed by atoms with Crippen LogP contribution >= 0.6 is 0 Å². The number of aliphatic carboxylic acids is 1. The molecule has 0 aliphatic carbocycles. The zero-order valence-corrected chi connectivity index (χ0v) is 22.8. The average Bonchev–Trinajstić information content (AvgIpc) is 2.61. The van der Waals surface area contributed by atoms with Gasteiger partial charge in [0.15, 0.2) is 0 Å². The summed E-state index contributed by atoms with van der Waals surface area (Å²) in [7, 11) is 2.80. The zero-order chi connectivity index (χ0) is 27.8. The molecule has 202 valence electrons. The fraction of sp³-hybridized carbons (Fsp3) is 0.783. The summed E-state index contributed by atoms with van der Waals surface area (Å²) in [4.78, 5) is 55.5. The first-order chi connectivity index (χ1) is 15.7. The number of aliphatic imine (C=N–C) groups is 1. The highest BCUT2D eigenvalue weighted by atomic mass is 16.6. The third kappa shape index (κ3) is 13.4. The van der Waals surface area contributed by atoms with E-state index in [0.29, 0.717) is 0 Å². The van der Waals surface area contributed by atoms with Crippen LogP contribution < -0.4 is 5.32 Å². The molecule has 12 nitrogen and oxygen atoms in total. The van der Waals surface area contributed by atoms with Crippen LogP contribution in [0.1, 0.15) is 75.2 Å². The molecule has 12 heteroatoms. The smallest absolute Gasteiger partial charge is 0.417 e. The lowest BCUT2D eigenvalue weighted by Crippen LogP contribution is -2.51. The monoisotopic (exact) mass is 502 g/mol. The number of carboxylic acid groups (broad SMARTS) is 1. The van der Waals surface area contributed by atoms with Gasteiger partial charge in [-0.1, -0.05) is 0 Å². The Morgan fingerprint density at radius 3 is 1.71 bits per heavy atom. The summed E-state index contributed by atoms with van der Waals surface area (Å²) in [5, 5.41) is 11.8. The second kappa shape index (κ2) is 12.6. The van der Waals surface area contributed by atoms with Gasteiger partial charge in [0.2, 0.25) is 5.96 Å². The number of hydrogen-bond donors (Lipinski definition) is 2. The van der Waals surface area contributed by atoms with Gasteiger partial charge in [0, 0.05) is 20.6 Å². The first-order valence-electron chi connectivity index (χ1n) is 11.3. The highest BCUT2D eigenvalue weighted by Crippen LogP contribution is 2.15. The van der Waals surface area contributed by atoms with Crippen LogP contribution in [0.15, 0.2) is 4.99 Å². The molecule has 0 aromatic heterocycles. The molecule has 0 aromatic rings. The average molecular weight is 503 g/mol. The molecule has 0 saturated carbocycles. The first-order valence-corrected chi connectivity index (χ1v) is 11.3. The van der Waals surface area contributed by atoms with Crippen molar-refractivity contribution in [1.29, 1.82) is 0 Å². The fourth-order valence-electron chi connectivity index (χ4n) is 2.61. The number of alkyl carbamates (subject to hydrolysis) is 1. The van der Waals surface area contributed by atoms with Crippen LogP contribution in [-0.4, -0.2) is 88.6 Å². The molecule has 35 heavy (non-hydrogen) atoms. The number of ether oxygens (including phenoxy) is 3. The topological polar surface area (TPSA) is 147 Å². The Hall–Kier alpha value is -3.05. The lowest BCUT2D eigenvalue weighted by atomic mass is 10.1. The van der Waals surface area contributed by atoms with E-state index in [1.54, 1.807) is 62.3 Å². The van der Waals surface area contributed by atoms with Crippen molar-refractivity contribution in [2.45, 2.75) is 98.0 Å². The van der Waals surface area contributed by atoms with Crippen molar-refractivity contribution in [1.82, 2.24) is 15.1 Å². The first kappa shape index (κ1) is 31.9. The third-order valence-electron chi connectivity index (χ3n) is 3.89. The number of hydrogen-bond acceptors (Lipinski definition) is 8. The van der Waals surface area contributed by atoms with Gasteiger partial charge in [-0.05, 0) is 75.2 Å². The number of nitrogens with one attached hydrogen (secondary N) is 1. The van der Waals surface area contributed by atoms with Gasteiger partial charge in [-0.2, -0.15) is 0 Å². The molecule has 0 saturated heterocycles. The molecule has 2 N–H and O–H groups in total. The van der Waals surface area contributed by atoms with Gasteiger partial charge in [-0.3, -0.25) is 9.89 Å². The van der Waals surface area contributed by atoms with E-state index in [1.807, 2.05) is 0 Å². The summed E-state index contributed by atoms with van der Waals surface area (Å²) in [6.45, 7) is 15.1. The van der Waals surface area contributed by atoms with Crippen molar-refractivity contribution in [3.63, 3.8) is 0 Å². The Balaban J connectivity index is 5.64. The SMILES string of the molecule is CN=C(N(C)C(=O)OC(C)(C)C)N(CCCC(NC(=O)OC(C)(C)C)C(=O)O)C(=O)OC(C)(C)C. The summed E-state index contributed by atoms with van der Waals surface area (Å²) >= 11 is 0. The molecule has 0 aliphatic rings. The van der Waals surface area contributed by atoms with Crippen LogP contribution in [0.3, 0.4) is 0 Å². The summed E-state index contributed by atoms with van der Waals surface area (Å²) in [6.07, 6.45) is -2.27. The van der Waals surface area contributed by atoms with Crippen LogP contribution in [0.25, 0.3) is 0 Å². The molecule has 0 spiro atoms. The van der Waals surface area contributed by atoms with E-state index in [0.717, 1.165) is 9.80 Å². The molecule has 1 unspecified atom stereocenters. The molecule has 3 amide bonds. The summed E-state index contributed by atoms with van der Waals surface area (Å²) in [5.41, 5.74) is -2.40. The maximum Gasteiger partial charge on any atom is 0.417 e. The van der Waals surface area contributed by atoms with Crippen LogP contribution in [0.4, 0.5) is 14.4 Å². The third-order valence-corrected chi connectivity index (χ3v) is 3.89. The van der Waals surface area contributed by atoms with Gasteiger partial charge < -0.3 is 24.6 Å². The van der Waals surface area contributed by atoms with Gasteiger partial charge in [0.05, 0.1) is 0 Å². The molecular weight excluding hydrogens is 460 g/mol. The van der Waals surface area contributed by atoms with Crippen molar-refractivity contribution in [2.24, 2.45) is 4.99 Å². The van der Waals surface area contributed by atoms with E-state index in [2.05, 4.69) is 10.3 Å². The second-order valence-electron chi connectivity index (χ2n) is 10.9. The Morgan fingerprint density at radius 2 is 1.31 bits per heavy atom. The Kier molecular flexibility index (Phi) is 11.5. The van der Waals surface area contributed by atoms with Crippen LogP contribution in [0.2, 0.25) is 0 Å². The molecule has 0 fully saturated rings. The second-order valence-corrected chi connectivity index (χ2v) is 10.9. The molecule has 0 radical (unpaired) electrons. The Labute approximate surface area is 208 Å². The molecule has 0 rings (SSSR count). The molecule has 0 bridgehead atoms. The summed E-state index contributed by atoms with van der Waals surface area (Å²) < 4.78 is 15.9. The number of nitrogens with zero attached hydrogens (tertiary/aromatic N) is 3. The van der Waals surface area contributed by atoms with Gasteiger partial charge in [0.25, 0.3) is 0 Å². The number of guanidine groups is 1. The zero-order valence-electron chi connectivity index (χ0n) is 22.8. The van der Waals surface area contributed by atoms with E-state index in [-0.39, 0.29) is 25.3 Å². The van der Waals surface area contributed by atoms with Crippen molar-refractivity contribution in [3.05, 3.63) is 0 Å². The number of carbonyl (C=O) groups is 4. The van der Waals surface area contributed by atoms with Gasteiger partial charge in [-0.15, -0.1) is 0 Å². The fourth-order valence-corrected chi connectivity index (χ4v) is 2.61. The van der Waals surface area contributed by atoms with Crippen LogP contribution in [0, 0.1) is 0 Å². The van der Waals surface area contributed by atoms with Crippen LogP contribution in [0.5, 0.6) is 0 Å². The predicted molar refractivity (Wildman–Crippen MR) is 130 cm³/mol. The lowest BCUT2D eigenvalue weighted by molar-refractivity contribution is -0.139. The van der Waals surface area contributed by atoms with E-state index < -0.39 is 47.1 Å². The highest BCUT2D eigenvalue weighted by Gasteiger charge is 2.32. The molecule has 1 atom stereocenters. The van der Waals surface area contributed by atoms with Gasteiger partial charge in [-0.25, -0.2) is 24.1 Å². The number of carbonyl (C=O) groups excluding carboxylic acids is 3. The van der Waals surface area contributed by atoms with Crippen molar-refractivity contribution >= 4 is 30.2 Å². The Morgan fingerprint density at radius 1 is 0.857 bits per heavy atom. The largest absolute Gasteiger partial charge is 0.480 e. The molecular formula is C23H42N4O8. The maximum atomic E-state index is 13.0. The van der Waals surface area contributed by atoms with E-state index >= 15 is 0 Å².